The maximum atomic E-state index is 12.5. The van der Waals surface area contributed by atoms with E-state index in [1.54, 1.807) is 22.5 Å². The molecule has 2 aromatic heterocycles. The largest absolute Gasteiger partial charge is 0.329 e. The molecule has 1 N–H and O–H groups in total. The lowest BCUT2D eigenvalue weighted by atomic mass is 10.1. The third-order valence-electron chi connectivity index (χ3n) is 3.01. The minimum absolute atomic E-state index is 0.0447. The molecule has 0 unspecified atom stereocenters. The van der Waals surface area contributed by atoms with E-state index in [1.807, 2.05) is 11.4 Å². The predicted octanol–water partition coefficient (Wildman–Crippen LogP) is 3.33. The van der Waals surface area contributed by atoms with Crippen LogP contribution in [0.4, 0.5) is 5.13 Å². The van der Waals surface area contributed by atoms with Crippen molar-refractivity contribution in [1.29, 1.82) is 0 Å². The highest BCUT2D eigenvalue weighted by Gasteiger charge is 2.20. The summed E-state index contributed by atoms with van der Waals surface area (Å²) in [4.78, 5) is 30.9. The van der Waals surface area contributed by atoms with Gasteiger partial charge in [-0.2, -0.15) is 0 Å². The fraction of sp³-hybridized carbons (Fsp3) is 0.400. The number of thiophene rings is 1. The molecule has 5 nitrogen and oxygen atoms in total. The van der Waals surface area contributed by atoms with Crippen molar-refractivity contribution in [2.24, 2.45) is 5.92 Å². The lowest BCUT2D eigenvalue weighted by molar-refractivity contribution is -0.116. The van der Waals surface area contributed by atoms with E-state index in [-0.39, 0.29) is 18.4 Å². The van der Waals surface area contributed by atoms with E-state index < -0.39 is 0 Å². The number of amides is 2. The SMILES string of the molecule is CC(C)CCN(CC(=O)Nc1nccs1)C(=O)c1cccs1. The number of aromatic nitrogens is 1. The van der Waals surface area contributed by atoms with Crippen molar-refractivity contribution in [1.82, 2.24) is 9.88 Å². The zero-order valence-electron chi connectivity index (χ0n) is 12.6. The van der Waals surface area contributed by atoms with E-state index in [1.165, 1.54) is 22.7 Å². The first-order valence-electron chi connectivity index (χ1n) is 7.08. The van der Waals surface area contributed by atoms with Crippen molar-refractivity contribution in [3.63, 3.8) is 0 Å². The second-order valence-corrected chi connectivity index (χ2v) is 7.11. The molecule has 118 valence electrons. The number of anilines is 1. The Morgan fingerprint density at radius 1 is 1.32 bits per heavy atom. The van der Waals surface area contributed by atoms with Gasteiger partial charge in [0.15, 0.2) is 5.13 Å². The fourth-order valence-electron chi connectivity index (χ4n) is 1.84. The Morgan fingerprint density at radius 2 is 2.14 bits per heavy atom. The molecule has 0 saturated heterocycles. The van der Waals surface area contributed by atoms with Crippen LogP contribution in [0, 0.1) is 5.92 Å². The number of hydrogen-bond acceptors (Lipinski definition) is 5. The number of rotatable bonds is 7. The Morgan fingerprint density at radius 3 is 2.73 bits per heavy atom. The highest BCUT2D eigenvalue weighted by Crippen LogP contribution is 2.14. The summed E-state index contributed by atoms with van der Waals surface area (Å²) in [7, 11) is 0. The molecule has 0 aromatic carbocycles. The normalized spacial score (nSPS) is 10.7. The molecule has 0 fully saturated rings. The minimum Gasteiger partial charge on any atom is -0.329 e. The molecule has 2 heterocycles. The molecule has 0 bridgehead atoms. The van der Waals surface area contributed by atoms with Crippen LogP contribution in [0.1, 0.15) is 29.9 Å². The van der Waals surface area contributed by atoms with Crippen molar-refractivity contribution in [3.05, 3.63) is 34.0 Å². The zero-order valence-corrected chi connectivity index (χ0v) is 14.2. The smallest absolute Gasteiger partial charge is 0.264 e. The van der Waals surface area contributed by atoms with Gasteiger partial charge in [0.05, 0.1) is 4.88 Å². The van der Waals surface area contributed by atoms with E-state index in [9.17, 15) is 9.59 Å². The molecular formula is C15H19N3O2S2. The summed E-state index contributed by atoms with van der Waals surface area (Å²) >= 11 is 2.75. The summed E-state index contributed by atoms with van der Waals surface area (Å²) < 4.78 is 0. The third-order valence-corrected chi connectivity index (χ3v) is 4.56. The van der Waals surface area contributed by atoms with Crippen LogP contribution < -0.4 is 5.32 Å². The van der Waals surface area contributed by atoms with E-state index >= 15 is 0 Å². The molecule has 2 aromatic rings. The molecule has 2 amide bonds. The van der Waals surface area contributed by atoms with Gasteiger partial charge in [-0.1, -0.05) is 19.9 Å². The Hall–Kier alpha value is -1.73. The number of nitrogens with one attached hydrogen (secondary N) is 1. The van der Waals surface area contributed by atoms with E-state index in [2.05, 4.69) is 24.1 Å². The maximum absolute atomic E-state index is 12.5. The number of nitrogens with zero attached hydrogens (tertiary/aromatic N) is 2. The second-order valence-electron chi connectivity index (χ2n) is 5.27. The van der Waals surface area contributed by atoms with Crippen LogP contribution in [-0.4, -0.2) is 34.8 Å². The molecule has 0 saturated carbocycles. The van der Waals surface area contributed by atoms with Gasteiger partial charge in [0.25, 0.3) is 5.91 Å². The summed E-state index contributed by atoms with van der Waals surface area (Å²) in [6.45, 7) is 4.82. The topological polar surface area (TPSA) is 62.3 Å². The van der Waals surface area contributed by atoms with Gasteiger partial charge < -0.3 is 10.2 Å². The second kappa shape index (κ2) is 8.05. The van der Waals surface area contributed by atoms with Gasteiger partial charge in [-0.3, -0.25) is 9.59 Å². The van der Waals surface area contributed by atoms with Crippen molar-refractivity contribution < 1.29 is 9.59 Å². The summed E-state index contributed by atoms with van der Waals surface area (Å²) in [5.41, 5.74) is 0. The Balaban J connectivity index is 2.00. The molecule has 0 aliphatic heterocycles. The number of thiazole rings is 1. The monoisotopic (exact) mass is 337 g/mol. The fourth-order valence-corrected chi connectivity index (χ4v) is 3.08. The summed E-state index contributed by atoms with van der Waals surface area (Å²) in [5, 5.41) is 6.93. The lowest BCUT2D eigenvalue weighted by Crippen LogP contribution is -2.38. The predicted molar refractivity (Wildman–Crippen MR) is 90.4 cm³/mol. The van der Waals surface area contributed by atoms with Crippen molar-refractivity contribution >= 4 is 39.6 Å². The van der Waals surface area contributed by atoms with Gasteiger partial charge in [-0.15, -0.1) is 22.7 Å². The van der Waals surface area contributed by atoms with Crippen molar-refractivity contribution in [2.75, 3.05) is 18.4 Å². The van der Waals surface area contributed by atoms with E-state index in [0.717, 1.165) is 6.42 Å². The van der Waals surface area contributed by atoms with Gasteiger partial charge in [0, 0.05) is 18.1 Å². The van der Waals surface area contributed by atoms with Gasteiger partial charge in [0.1, 0.15) is 6.54 Å². The van der Waals surface area contributed by atoms with Crippen molar-refractivity contribution in [3.8, 4) is 0 Å². The Kier molecular flexibility index (Phi) is 6.09. The highest BCUT2D eigenvalue weighted by molar-refractivity contribution is 7.13. The molecule has 0 aliphatic rings. The van der Waals surface area contributed by atoms with Crippen LogP contribution in [0.2, 0.25) is 0 Å². The third kappa shape index (κ3) is 4.92. The molecule has 22 heavy (non-hydrogen) atoms. The first kappa shape index (κ1) is 16.6. The number of hydrogen-bond donors (Lipinski definition) is 1. The molecule has 0 spiro atoms. The molecular weight excluding hydrogens is 318 g/mol. The lowest BCUT2D eigenvalue weighted by Gasteiger charge is -2.22. The molecule has 7 heteroatoms. The van der Waals surface area contributed by atoms with E-state index in [4.69, 9.17) is 0 Å². The van der Waals surface area contributed by atoms with Gasteiger partial charge >= 0.3 is 0 Å². The maximum Gasteiger partial charge on any atom is 0.264 e. The van der Waals surface area contributed by atoms with Crippen LogP contribution in [0.5, 0.6) is 0 Å². The van der Waals surface area contributed by atoms with Gasteiger partial charge in [-0.25, -0.2) is 4.98 Å². The van der Waals surface area contributed by atoms with Crippen LogP contribution in [0.25, 0.3) is 0 Å². The molecule has 0 aliphatic carbocycles. The standard InChI is InChI=1S/C15H19N3O2S2/c1-11(2)5-7-18(14(20)12-4-3-8-21-12)10-13(19)17-15-16-6-9-22-15/h3-4,6,8-9,11H,5,7,10H2,1-2H3,(H,16,17,19). The first-order chi connectivity index (χ1) is 10.6. The van der Waals surface area contributed by atoms with Gasteiger partial charge in [0.2, 0.25) is 5.91 Å². The molecule has 2 rings (SSSR count). The minimum atomic E-state index is -0.219. The first-order valence-corrected chi connectivity index (χ1v) is 8.84. The van der Waals surface area contributed by atoms with Crippen LogP contribution in [-0.2, 0) is 4.79 Å². The van der Waals surface area contributed by atoms with Crippen LogP contribution >= 0.6 is 22.7 Å². The zero-order chi connectivity index (χ0) is 15.9. The summed E-state index contributed by atoms with van der Waals surface area (Å²) in [5.74, 6) is 0.161. The summed E-state index contributed by atoms with van der Waals surface area (Å²) in [6, 6.07) is 3.63. The van der Waals surface area contributed by atoms with Crippen LogP contribution in [0.15, 0.2) is 29.1 Å². The molecule has 0 radical (unpaired) electrons. The van der Waals surface area contributed by atoms with Crippen molar-refractivity contribution in [2.45, 2.75) is 20.3 Å². The van der Waals surface area contributed by atoms with Gasteiger partial charge in [-0.05, 0) is 23.8 Å². The quantitative estimate of drug-likeness (QED) is 0.843. The van der Waals surface area contributed by atoms with E-state index in [0.29, 0.717) is 22.5 Å². The average Bonchev–Trinajstić information content (AvgIpc) is 3.15. The number of carbonyl (C=O) groups excluding carboxylic acids is 2. The Bertz CT molecular complexity index is 594. The number of carbonyl (C=O) groups is 2. The molecule has 0 atom stereocenters. The van der Waals surface area contributed by atoms with Crippen LogP contribution in [0.3, 0.4) is 0 Å². The average molecular weight is 337 g/mol. The Labute approximate surface area is 138 Å². The highest BCUT2D eigenvalue weighted by atomic mass is 32.1. The summed E-state index contributed by atoms with van der Waals surface area (Å²) in [6.07, 6.45) is 2.50.